The number of morpholine rings is 1. The molecule has 26 heavy (non-hydrogen) atoms. The number of anilines is 1. The first-order chi connectivity index (χ1) is 12.6. The molecule has 0 unspecified atom stereocenters. The number of nitrogens with one attached hydrogen (secondary N) is 3. The number of amides is 1. The van der Waals surface area contributed by atoms with Gasteiger partial charge >= 0.3 is 0 Å². The largest absolute Gasteiger partial charge is 0.370 e. The fourth-order valence-electron chi connectivity index (χ4n) is 2.99. The highest BCUT2D eigenvalue weighted by Gasteiger charge is 2.14. The molecule has 1 fully saturated rings. The summed E-state index contributed by atoms with van der Waals surface area (Å²) in [6, 6.07) is 15.6. The van der Waals surface area contributed by atoms with E-state index in [1.807, 2.05) is 37.3 Å². The molecule has 2 aromatic carbocycles. The highest BCUT2D eigenvalue weighted by molar-refractivity contribution is 7.80. The predicted octanol–water partition coefficient (Wildman–Crippen LogP) is 1.54. The summed E-state index contributed by atoms with van der Waals surface area (Å²) in [4.78, 5) is 13.8. The van der Waals surface area contributed by atoms with E-state index in [0.29, 0.717) is 10.7 Å². The molecule has 1 amide bonds. The van der Waals surface area contributed by atoms with Gasteiger partial charge in [-0.15, -0.1) is 0 Å². The number of aryl methyl sites for hydroxylation is 1. The fraction of sp³-hybridized carbons (Fsp3) is 0.300. The Hall–Kier alpha value is -2.28. The Morgan fingerprint density at radius 1 is 1.12 bits per heavy atom. The summed E-state index contributed by atoms with van der Waals surface area (Å²) in [5.74, 6) is -0.201. The smallest absolute Gasteiger partial charge is 0.257 e. The van der Waals surface area contributed by atoms with E-state index in [1.165, 1.54) is 10.5 Å². The second-order valence-corrected chi connectivity index (χ2v) is 6.87. The molecule has 0 aromatic heterocycles. The molecular weight excluding hydrogens is 346 g/mol. The molecule has 2 aromatic rings. The second kappa shape index (κ2) is 8.89. The Bertz CT molecular complexity index is 771. The van der Waals surface area contributed by atoms with Crippen molar-refractivity contribution in [1.29, 1.82) is 0 Å². The van der Waals surface area contributed by atoms with Crippen LogP contribution in [0.15, 0.2) is 48.5 Å². The van der Waals surface area contributed by atoms with Crippen molar-refractivity contribution >= 4 is 28.9 Å². The Balaban J connectivity index is 1.52. The SMILES string of the molecule is Cc1ccccc1C(=O)NC(=S)Nc1ccc(C[NH+]2CCOCC2)cc1. The minimum atomic E-state index is -0.201. The van der Waals surface area contributed by atoms with Crippen molar-refractivity contribution in [3.63, 3.8) is 0 Å². The van der Waals surface area contributed by atoms with E-state index in [-0.39, 0.29) is 5.91 Å². The average molecular weight is 370 g/mol. The van der Waals surface area contributed by atoms with Crippen LogP contribution in [0, 0.1) is 6.92 Å². The van der Waals surface area contributed by atoms with Crippen LogP contribution in [-0.4, -0.2) is 37.3 Å². The minimum Gasteiger partial charge on any atom is -0.370 e. The van der Waals surface area contributed by atoms with Crippen LogP contribution in [0.4, 0.5) is 5.69 Å². The summed E-state index contributed by atoms with van der Waals surface area (Å²) in [6.45, 7) is 6.68. The molecule has 0 radical (unpaired) electrons. The highest BCUT2D eigenvalue weighted by atomic mass is 32.1. The van der Waals surface area contributed by atoms with Gasteiger partial charge in [0.1, 0.15) is 19.6 Å². The molecule has 1 saturated heterocycles. The third-order valence-corrected chi connectivity index (χ3v) is 4.69. The zero-order valence-corrected chi connectivity index (χ0v) is 15.7. The quantitative estimate of drug-likeness (QED) is 0.715. The lowest BCUT2D eigenvalue weighted by Crippen LogP contribution is -3.12. The molecule has 5 nitrogen and oxygen atoms in total. The van der Waals surface area contributed by atoms with Crippen molar-refractivity contribution in [2.24, 2.45) is 0 Å². The van der Waals surface area contributed by atoms with Crippen molar-refractivity contribution in [3.8, 4) is 0 Å². The second-order valence-electron chi connectivity index (χ2n) is 6.46. The number of thiocarbonyl (C=S) groups is 1. The van der Waals surface area contributed by atoms with Crippen LogP contribution in [0.2, 0.25) is 0 Å². The van der Waals surface area contributed by atoms with Crippen molar-refractivity contribution in [2.45, 2.75) is 13.5 Å². The molecule has 3 rings (SSSR count). The standard InChI is InChI=1S/C20H23N3O2S/c1-15-4-2-3-5-18(15)19(24)22-20(26)21-17-8-6-16(7-9-17)14-23-10-12-25-13-11-23/h2-9H,10-14H2,1H3,(H2,21,22,24,26)/p+1. The minimum absolute atomic E-state index is 0.201. The lowest BCUT2D eigenvalue weighted by atomic mass is 10.1. The number of benzene rings is 2. The molecule has 6 heteroatoms. The zero-order chi connectivity index (χ0) is 18.4. The van der Waals surface area contributed by atoms with E-state index >= 15 is 0 Å². The van der Waals surface area contributed by atoms with Gasteiger partial charge in [0, 0.05) is 16.8 Å². The van der Waals surface area contributed by atoms with Gasteiger partial charge in [-0.05, 0) is 42.9 Å². The molecule has 3 N–H and O–H groups in total. The van der Waals surface area contributed by atoms with Gasteiger partial charge < -0.3 is 15.0 Å². The first-order valence-corrected chi connectivity index (χ1v) is 9.21. The summed E-state index contributed by atoms with van der Waals surface area (Å²) < 4.78 is 5.39. The van der Waals surface area contributed by atoms with Crippen LogP contribution in [0.1, 0.15) is 21.5 Å². The Morgan fingerprint density at radius 3 is 2.50 bits per heavy atom. The summed E-state index contributed by atoms with van der Waals surface area (Å²) in [6.07, 6.45) is 0. The molecule has 0 spiro atoms. The zero-order valence-electron chi connectivity index (χ0n) is 14.9. The van der Waals surface area contributed by atoms with Crippen LogP contribution in [0.25, 0.3) is 0 Å². The lowest BCUT2D eigenvalue weighted by molar-refractivity contribution is -0.921. The predicted molar refractivity (Wildman–Crippen MR) is 107 cm³/mol. The summed E-state index contributed by atoms with van der Waals surface area (Å²) in [5.41, 5.74) is 3.69. The molecule has 136 valence electrons. The van der Waals surface area contributed by atoms with Crippen LogP contribution in [0.3, 0.4) is 0 Å². The number of carbonyl (C=O) groups is 1. The van der Waals surface area contributed by atoms with Crippen molar-refractivity contribution in [2.75, 3.05) is 31.6 Å². The number of ether oxygens (including phenoxy) is 1. The third-order valence-electron chi connectivity index (χ3n) is 4.48. The number of quaternary nitrogens is 1. The van der Waals surface area contributed by atoms with Gasteiger partial charge in [0.25, 0.3) is 5.91 Å². The summed E-state index contributed by atoms with van der Waals surface area (Å²) >= 11 is 5.26. The van der Waals surface area contributed by atoms with Crippen molar-refractivity contribution < 1.29 is 14.4 Å². The van der Waals surface area contributed by atoms with Crippen molar-refractivity contribution in [1.82, 2.24) is 5.32 Å². The summed E-state index contributed by atoms with van der Waals surface area (Å²) in [7, 11) is 0. The van der Waals surface area contributed by atoms with E-state index in [2.05, 4.69) is 22.8 Å². The van der Waals surface area contributed by atoms with Gasteiger partial charge in [0.05, 0.1) is 13.2 Å². The first kappa shape index (κ1) is 18.5. The summed E-state index contributed by atoms with van der Waals surface area (Å²) in [5, 5.41) is 6.09. The maximum absolute atomic E-state index is 12.3. The van der Waals surface area contributed by atoms with Gasteiger partial charge in [-0.25, -0.2) is 0 Å². The van der Waals surface area contributed by atoms with Crippen LogP contribution in [-0.2, 0) is 11.3 Å². The van der Waals surface area contributed by atoms with Crippen molar-refractivity contribution in [3.05, 3.63) is 65.2 Å². The monoisotopic (exact) mass is 370 g/mol. The van der Waals surface area contributed by atoms with E-state index in [1.54, 1.807) is 6.07 Å². The Kier molecular flexibility index (Phi) is 6.33. The Labute approximate surface area is 159 Å². The molecule has 0 aliphatic carbocycles. The van der Waals surface area contributed by atoms with Crippen LogP contribution < -0.4 is 15.5 Å². The van der Waals surface area contributed by atoms with E-state index in [0.717, 1.165) is 44.1 Å². The molecule has 1 heterocycles. The van der Waals surface area contributed by atoms with Crippen LogP contribution in [0.5, 0.6) is 0 Å². The molecule has 0 atom stereocenters. The average Bonchev–Trinajstić information content (AvgIpc) is 2.64. The maximum Gasteiger partial charge on any atom is 0.257 e. The molecule has 0 bridgehead atoms. The van der Waals surface area contributed by atoms with E-state index in [9.17, 15) is 4.79 Å². The fourth-order valence-corrected chi connectivity index (χ4v) is 3.20. The number of hydrogen-bond acceptors (Lipinski definition) is 3. The van der Waals surface area contributed by atoms with Gasteiger partial charge in [-0.3, -0.25) is 10.1 Å². The number of hydrogen-bond donors (Lipinski definition) is 3. The molecular formula is C20H24N3O2S+. The highest BCUT2D eigenvalue weighted by Crippen LogP contribution is 2.10. The maximum atomic E-state index is 12.3. The molecule has 1 aliphatic heterocycles. The van der Waals surface area contributed by atoms with Gasteiger partial charge in [-0.1, -0.05) is 30.3 Å². The lowest BCUT2D eigenvalue weighted by Gasteiger charge is -2.23. The first-order valence-electron chi connectivity index (χ1n) is 8.80. The van der Waals surface area contributed by atoms with Gasteiger partial charge in [0.15, 0.2) is 5.11 Å². The van der Waals surface area contributed by atoms with Crippen LogP contribution >= 0.6 is 12.2 Å². The molecule has 1 aliphatic rings. The molecule has 0 saturated carbocycles. The number of carbonyl (C=O) groups excluding carboxylic acids is 1. The van der Waals surface area contributed by atoms with Gasteiger partial charge in [0.2, 0.25) is 0 Å². The van der Waals surface area contributed by atoms with E-state index in [4.69, 9.17) is 17.0 Å². The third kappa shape index (κ3) is 5.11. The van der Waals surface area contributed by atoms with Gasteiger partial charge in [-0.2, -0.15) is 0 Å². The topological polar surface area (TPSA) is 54.8 Å². The van der Waals surface area contributed by atoms with E-state index < -0.39 is 0 Å². The Morgan fingerprint density at radius 2 is 1.81 bits per heavy atom. The normalized spacial score (nSPS) is 14.7. The number of rotatable bonds is 4.